The van der Waals surface area contributed by atoms with E-state index in [0.29, 0.717) is 17.8 Å². The van der Waals surface area contributed by atoms with Gasteiger partial charge in [-0.3, -0.25) is 0 Å². The van der Waals surface area contributed by atoms with Crippen molar-refractivity contribution in [1.82, 2.24) is 9.97 Å². The third-order valence-electron chi connectivity index (χ3n) is 1.96. The van der Waals surface area contributed by atoms with E-state index in [2.05, 4.69) is 9.97 Å². The minimum atomic E-state index is -0.306. The van der Waals surface area contributed by atoms with E-state index in [1.165, 1.54) is 0 Å². The molecule has 0 saturated heterocycles. The predicted octanol–water partition coefficient (Wildman–Crippen LogP) is 2.16. The Kier molecular flexibility index (Phi) is 3.68. The van der Waals surface area contributed by atoms with Crippen LogP contribution in [0.4, 0.5) is 0 Å². The first-order valence-electron chi connectivity index (χ1n) is 4.42. The molecule has 1 N–H and O–H groups in total. The van der Waals surface area contributed by atoms with Gasteiger partial charge in [-0.25, -0.2) is 9.78 Å². The molecule has 0 bridgehead atoms. The number of nitrogens with one attached hydrogen (secondary N) is 1. The highest BCUT2D eigenvalue weighted by Gasteiger charge is 2.11. The van der Waals surface area contributed by atoms with Gasteiger partial charge < -0.3 is 9.72 Å². The number of aromatic amines is 1. The lowest BCUT2D eigenvalue weighted by Crippen LogP contribution is -2.05. The lowest BCUT2D eigenvalue weighted by molar-refractivity contribution is 0.0528. The van der Waals surface area contributed by atoms with Crippen molar-refractivity contribution in [3.05, 3.63) is 30.1 Å². The summed E-state index contributed by atoms with van der Waals surface area (Å²) >= 11 is 0. The average Bonchev–Trinajstić information content (AvgIpc) is 2.65. The molecule has 2 rings (SSSR count). The van der Waals surface area contributed by atoms with Crippen LogP contribution in [-0.2, 0) is 4.74 Å². The molecule has 0 saturated carbocycles. The molecule has 0 fully saturated rings. The minimum absolute atomic E-state index is 0. The molecule has 2 aromatic heterocycles. The molecule has 15 heavy (non-hydrogen) atoms. The molecule has 0 aliphatic heterocycles. The summed E-state index contributed by atoms with van der Waals surface area (Å²) in [6.07, 6.45) is 3.34. The van der Waals surface area contributed by atoms with E-state index < -0.39 is 0 Å². The van der Waals surface area contributed by atoms with Crippen LogP contribution < -0.4 is 0 Å². The number of ether oxygens (including phenoxy) is 1. The van der Waals surface area contributed by atoms with Gasteiger partial charge in [0.05, 0.1) is 12.2 Å². The topological polar surface area (TPSA) is 55.0 Å². The van der Waals surface area contributed by atoms with E-state index in [0.717, 1.165) is 5.39 Å². The molecule has 0 aliphatic rings. The second kappa shape index (κ2) is 4.79. The fourth-order valence-electron chi connectivity index (χ4n) is 1.35. The number of hydrogen-bond acceptors (Lipinski definition) is 3. The van der Waals surface area contributed by atoms with Gasteiger partial charge in [-0.05, 0) is 19.1 Å². The van der Waals surface area contributed by atoms with Crippen LogP contribution >= 0.6 is 12.4 Å². The molecule has 5 heteroatoms. The molecule has 80 valence electrons. The minimum Gasteiger partial charge on any atom is -0.462 e. The zero-order valence-electron chi connectivity index (χ0n) is 8.19. The Labute approximate surface area is 93.1 Å². The Balaban J connectivity index is 0.00000112. The van der Waals surface area contributed by atoms with Crippen molar-refractivity contribution >= 4 is 29.4 Å². The van der Waals surface area contributed by atoms with Crippen molar-refractivity contribution in [2.45, 2.75) is 6.92 Å². The fraction of sp³-hybridized carbons (Fsp3) is 0.200. The number of pyridine rings is 1. The van der Waals surface area contributed by atoms with Gasteiger partial charge in [0.1, 0.15) is 5.65 Å². The van der Waals surface area contributed by atoms with Crippen LogP contribution in [0.1, 0.15) is 17.3 Å². The van der Waals surface area contributed by atoms with Gasteiger partial charge >= 0.3 is 5.97 Å². The van der Waals surface area contributed by atoms with Gasteiger partial charge in [0.15, 0.2) is 0 Å². The second-order valence-corrected chi connectivity index (χ2v) is 2.82. The summed E-state index contributed by atoms with van der Waals surface area (Å²) in [4.78, 5) is 18.5. The fourth-order valence-corrected chi connectivity index (χ4v) is 1.35. The lowest BCUT2D eigenvalue weighted by atomic mass is 10.2. The monoisotopic (exact) mass is 226 g/mol. The van der Waals surface area contributed by atoms with Crippen molar-refractivity contribution in [2.75, 3.05) is 6.61 Å². The van der Waals surface area contributed by atoms with E-state index in [9.17, 15) is 4.79 Å². The molecule has 4 nitrogen and oxygen atoms in total. The maximum absolute atomic E-state index is 11.5. The van der Waals surface area contributed by atoms with Gasteiger partial charge in [-0.15, -0.1) is 12.4 Å². The van der Waals surface area contributed by atoms with E-state index in [-0.39, 0.29) is 18.4 Å². The summed E-state index contributed by atoms with van der Waals surface area (Å²) in [5, 5.41) is 0.797. The summed E-state index contributed by atoms with van der Waals surface area (Å²) < 4.78 is 4.92. The van der Waals surface area contributed by atoms with E-state index >= 15 is 0 Å². The van der Waals surface area contributed by atoms with Crippen molar-refractivity contribution in [1.29, 1.82) is 0 Å². The summed E-state index contributed by atoms with van der Waals surface area (Å²) in [7, 11) is 0. The van der Waals surface area contributed by atoms with Crippen LogP contribution in [0.5, 0.6) is 0 Å². The first kappa shape index (κ1) is 11.5. The second-order valence-electron chi connectivity index (χ2n) is 2.82. The van der Waals surface area contributed by atoms with E-state index in [4.69, 9.17) is 4.74 Å². The summed E-state index contributed by atoms with van der Waals surface area (Å²) in [6.45, 7) is 2.17. The molecule has 0 spiro atoms. The molecule has 0 amide bonds. The SMILES string of the molecule is CCOC(=O)c1ccnc2[nH]ccc12.Cl. The summed E-state index contributed by atoms with van der Waals surface area (Å²) in [5.74, 6) is -0.306. The maximum Gasteiger partial charge on any atom is 0.338 e. The number of fused-ring (bicyclic) bond motifs is 1. The number of halogens is 1. The van der Waals surface area contributed by atoms with Crippen LogP contribution in [0.3, 0.4) is 0 Å². The number of aromatic nitrogens is 2. The molecular weight excluding hydrogens is 216 g/mol. The zero-order chi connectivity index (χ0) is 9.97. The van der Waals surface area contributed by atoms with Crippen LogP contribution in [0.15, 0.2) is 24.5 Å². The first-order valence-corrected chi connectivity index (χ1v) is 4.42. The lowest BCUT2D eigenvalue weighted by Gasteiger charge is -2.01. The quantitative estimate of drug-likeness (QED) is 0.799. The van der Waals surface area contributed by atoms with Crippen LogP contribution in [0.25, 0.3) is 11.0 Å². The Morgan fingerprint density at radius 3 is 3.07 bits per heavy atom. The number of rotatable bonds is 2. The number of hydrogen-bond donors (Lipinski definition) is 1. The summed E-state index contributed by atoms with van der Waals surface area (Å²) in [5.41, 5.74) is 1.26. The smallest absolute Gasteiger partial charge is 0.338 e. The molecule has 0 radical (unpaired) electrons. The highest BCUT2D eigenvalue weighted by atomic mass is 35.5. The third-order valence-corrected chi connectivity index (χ3v) is 1.96. The van der Waals surface area contributed by atoms with Crippen molar-refractivity contribution < 1.29 is 9.53 Å². The first-order chi connectivity index (χ1) is 6.83. The van der Waals surface area contributed by atoms with Gasteiger partial charge in [-0.2, -0.15) is 0 Å². The van der Waals surface area contributed by atoms with Gasteiger partial charge in [0.25, 0.3) is 0 Å². The van der Waals surface area contributed by atoms with Crippen molar-refractivity contribution in [3.63, 3.8) is 0 Å². The number of carbonyl (C=O) groups is 1. The van der Waals surface area contributed by atoms with Crippen LogP contribution in [-0.4, -0.2) is 22.5 Å². The largest absolute Gasteiger partial charge is 0.462 e. The standard InChI is InChI=1S/C10H10N2O2.ClH/c1-2-14-10(13)8-4-6-12-9-7(8)3-5-11-9;/h3-6H,2H2,1H3,(H,11,12);1H. The Bertz CT molecular complexity index is 467. The Hall–Kier alpha value is -1.55. The molecular formula is C10H11ClN2O2. The van der Waals surface area contributed by atoms with Gasteiger partial charge in [0.2, 0.25) is 0 Å². The van der Waals surface area contributed by atoms with E-state index in [1.807, 2.05) is 6.07 Å². The van der Waals surface area contributed by atoms with Gasteiger partial charge in [-0.1, -0.05) is 0 Å². The molecule has 0 atom stereocenters. The van der Waals surface area contributed by atoms with Crippen LogP contribution in [0.2, 0.25) is 0 Å². The Morgan fingerprint density at radius 1 is 1.53 bits per heavy atom. The summed E-state index contributed by atoms with van der Waals surface area (Å²) in [6, 6.07) is 3.47. The van der Waals surface area contributed by atoms with Gasteiger partial charge in [0, 0.05) is 17.8 Å². The molecule has 0 aliphatic carbocycles. The van der Waals surface area contributed by atoms with Crippen molar-refractivity contribution in [2.24, 2.45) is 0 Å². The number of carbonyl (C=O) groups excluding carboxylic acids is 1. The van der Waals surface area contributed by atoms with Crippen LogP contribution in [0, 0.1) is 0 Å². The number of nitrogens with zero attached hydrogens (tertiary/aromatic N) is 1. The predicted molar refractivity (Wildman–Crippen MR) is 59.3 cm³/mol. The highest BCUT2D eigenvalue weighted by Crippen LogP contribution is 2.15. The highest BCUT2D eigenvalue weighted by molar-refractivity contribution is 6.02. The molecule has 2 aromatic rings. The van der Waals surface area contributed by atoms with E-state index in [1.54, 1.807) is 25.4 Å². The average molecular weight is 227 g/mol. The maximum atomic E-state index is 11.5. The number of H-pyrrole nitrogens is 1. The molecule has 2 heterocycles. The number of esters is 1. The zero-order valence-corrected chi connectivity index (χ0v) is 9.00. The Morgan fingerprint density at radius 2 is 2.33 bits per heavy atom. The molecule has 0 unspecified atom stereocenters. The van der Waals surface area contributed by atoms with Crippen molar-refractivity contribution in [3.8, 4) is 0 Å². The molecule has 0 aromatic carbocycles. The third kappa shape index (κ3) is 2.10. The normalized spacial score (nSPS) is 9.67.